The van der Waals surface area contributed by atoms with Gasteiger partial charge in [-0.25, -0.2) is 9.59 Å². The molecule has 0 aliphatic carbocycles. The molecule has 0 saturated carbocycles. The van der Waals surface area contributed by atoms with Gasteiger partial charge in [0, 0.05) is 60.9 Å². The standard InChI is InChI=1S/C30H40N6O3/c1-19(2)22-10-12-24(13-11-22)33-29(38)34-27(16-23-17-31-26-9-7-6-8-25(23)26)28(37)35-14-15-36(21(5)18-35)30(39)32-20(3)4/h6-13,17,19-21,27,31H,14-16,18H2,1-5H3,(H,32,39)(H2,33,34,38). The van der Waals surface area contributed by atoms with Crippen LogP contribution in [0.3, 0.4) is 0 Å². The van der Waals surface area contributed by atoms with Gasteiger partial charge in [-0.05, 0) is 56.0 Å². The van der Waals surface area contributed by atoms with E-state index in [0.717, 1.165) is 16.5 Å². The Morgan fingerprint density at radius 2 is 1.69 bits per heavy atom. The number of fused-ring (bicyclic) bond motifs is 1. The number of H-pyrrole nitrogens is 1. The van der Waals surface area contributed by atoms with E-state index >= 15 is 0 Å². The van der Waals surface area contributed by atoms with Gasteiger partial charge in [0.1, 0.15) is 6.04 Å². The largest absolute Gasteiger partial charge is 0.361 e. The topological polar surface area (TPSA) is 110 Å². The van der Waals surface area contributed by atoms with Crippen molar-refractivity contribution >= 4 is 34.6 Å². The second-order valence-electron chi connectivity index (χ2n) is 10.9. The lowest BCUT2D eigenvalue weighted by Crippen LogP contribution is -2.61. The average Bonchev–Trinajstić information content (AvgIpc) is 3.30. The molecule has 3 aromatic rings. The van der Waals surface area contributed by atoms with E-state index in [9.17, 15) is 14.4 Å². The molecule has 2 aromatic carbocycles. The Balaban J connectivity index is 1.49. The molecule has 1 saturated heterocycles. The number of rotatable bonds is 7. The van der Waals surface area contributed by atoms with Crippen molar-refractivity contribution in [2.24, 2.45) is 0 Å². The molecular weight excluding hydrogens is 492 g/mol. The number of carbonyl (C=O) groups is 3. The van der Waals surface area contributed by atoms with Crippen molar-refractivity contribution in [1.82, 2.24) is 25.4 Å². The maximum absolute atomic E-state index is 13.8. The Kier molecular flexibility index (Phi) is 8.79. The number of nitrogens with one attached hydrogen (secondary N) is 4. The number of benzene rings is 2. The fraction of sp³-hybridized carbons (Fsp3) is 0.433. The van der Waals surface area contributed by atoms with Crippen LogP contribution < -0.4 is 16.0 Å². The minimum atomic E-state index is -0.776. The number of urea groups is 2. The molecule has 1 aromatic heterocycles. The molecule has 4 rings (SSSR count). The van der Waals surface area contributed by atoms with E-state index < -0.39 is 12.1 Å². The van der Waals surface area contributed by atoms with Crippen LogP contribution in [-0.2, 0) is 11.2 Å². The molecule has 0 radical (unpaired) electrons. The SMILES string of the molecule is CC(C)NC(=O)N1CCN(C(=O)C(Cc2c[nH]c3ccccc23)NC(=O)Nc2ccc(C(C)C)cc2)CC1C. The summed E-state index contributed by atoms with van der Waals surface area (Å²) in [7, 11) is 0. The number of para-hydroxylation sites is 1. The zero-order chi connectivity index (χ0) is 28.1. The minimum Gasteiger partial charge on any atom is -0.361 e. The number of amides is 5. The summed E-state index contributed by atoms with van der Waals surface area (Å²) in [5.41, 5.74) is 3.78. The first-order chi connectivity index (χ1) is 18.6. The molecule has 0 bridgehead atoms. The van der Waals surface area contributed by atoms with Gasteiger partial charge in [0.2, 0.25) is 5.91 Å². The summed E-state index contributed by atoms with van der Waals surface area (Å²) in [5, 5.41) is 9.75. The summed E-state index contributed by atoms with van der Waals surface area (Å²) in [6.07, 6.45) is 2.23. The van der Waals surface area contributed by atoms with Gasteiger partial charge in [0.15, 0.2) is 0 Å². The molecule has 9 heteroatoms. The Bertz CT molecular complexity index is 1300. The summed E-state index contributed by atoms with van der Waals surface area (Å²) in [5.74, 6) is 0.228. The van der Waals surface area contributed by atoms with E-state index in [1.807, 2.05) is 75.5 Å². The number of aromatic amines is 1. The number of aromatic nitrogens is 1. The second kappa shape index (κ2) is 12.2. The number of hydrogen-bond acceptors (Lipinski definition) is 3. The maximum atomic E-state index is 13.8. The number of piperazine rings is 1. The molecule has 2 atom stereocenters. The van der Waals surface area contributed by atoms with Gasteiger partial charge in [-0.3, -0.25) is 4.79 Å². The predicted octanol–water partition coefficient (Wildman–Crippen LogP) is 4.67. The molecule has 1 aliphatic heterocycles. The molecule has 5 amide bonds. The Hall–Kier alpha value is -4.01. The molecule has 1 aliphatic rings. The van der Waals surface area contributed by atoms with Crippen molar-refractivity contribution in [3.8, 4) is 0 Å². The monoisotopic (exact) mass is 532 g/mol. The smallest absolute Gasteiger partial charge is 0.319 e. The number of hydrogen-bond donors (Lipinski definition) is 4. The quantitative estimate of drug-likeness (QED) is 0.355. The molecule has 39 heavy (non-hydrogen) atoms. The van der Waals surface area contributed by atoms with Crippen LogP contribution in [0.15, 0.2) is 54.7 Å². The summed E-state index contributed by atoms with van der Waals surface area (Å²) < 4.78 is 0. The van der Waals surface area contributed by atoms with Crippen LogP contribution in [0.2, 0.25) is 0 Å². The first-order valence-electron chi connectivity index (χ1n) is 13.7. The lowest BCUT2D eigenvalue weighted by molar-refractivity contribution is -0.135. The van der Waals surface area contributed by atoms with E-state index in [2.05, 4.69) is 34.8 Å². The number of carbonyl (C=O) groups excluding carboxylic acids is 3. The zero-order valence-electron chi connectivity index (χ0n) is 23.5. The highest BCUT2D eigenvalue weighted by Crippen LogP contribution is 2.21. The Morgan fingerprint density at radius 3 is 2.36 bits per heavy atom. The van der Waals surface area contributed by atoms with Crippen LogP contribution in [-0.4, -0.2) is 70.5 Å². The highest BCUT2D eigenvalue weighted by atomic mass is 16.2. The van der Waals surface area contributed by atoms with Crippen LogP contribution in [0.4, 0.5) is 15.3 Å². The lowest BCUT2D eigenvalue weighted by atomic mass is 10.0. The van der Waals surface area contributed by atoms with Gasteiger partial charge in [-0.15, -0.1) is 0 Å². The van der Waals surface area contributed by atoms with E-state index in [1.54, 1.807) is 9.80 Å². The molecule has 2 heterocycles. The average molecular weight is 533 g/mol. The van der Waals surface area contributed by atoms with Gasteiger partial charge in [-0.2, -0.15) is 0 Å². The summed E-state index contributed by atoms with van der Waals surface area (Å²) >= 11 is 0. The minimum absolute atomic E-state index is 0.0363. The Labute approximate surface area is 230 Å². The van der Waals surface area contributed by atoms with Crippen LogP contribution in [0.25, 0.3) is 10.9 Å². The molecule has 208 valence electrons. The first-order valence-corrected chi connectivity index (χ1v) is 13.7. The predicted molar refractivity (Wildman–Crippen MR) is 155 cm³/mol. The van der Waals surface area contributed by atoms with Crippen LogP contribution in [0.1, 0.15) is 51.7 Å². The van der Waals surface area contributed by atoms with Gasteiger partial charge in [0.25, 0.3) is 0 Å². The highest BCUT2D eigenvalue weighted by Gasteiger charge is 2.34. The molecule has 9 nitrogen and oxygen atoms in total. The zero-order valence-corrected chi connectivity index (χ0v) is 23.5. The molecule has 4 N–H and O–H groups in total. The lowest BCUT2D eigenvalue weighted by Gasteiger charge is -2.41. The summed E-state index contributed by atoms with van der Waals surface area (Å²) in [4.78, 5) is 46.2. The van der Waals surface area contributed by atoms with Gasteiger partial charge in [-0.1, -0.05) is 44.2 Å². The fourth-order valence-electron chi connectivity index (χ4n) is 5.01. The van der Waals surface area contributed by atoms with Crippen molar-refractivity contribution in [3.63, 3.8) is 0 Å². The van der Waals surface area contributed by atoms with Crippen molar-refractivity contribution in [2.75, 3.05) is 25.0 Å². The van der Waals surface area contributed by atoms with Gasteiger partial charge in [0.05, 0.1) is 0 Å². The van der Waals surface area contributed by atoms with E-state index in [4.69, 9.17) is 0 Å². The third-order valence-electron chi connectivity index (χ3n) is 7.15. The van der Waals surface area contributed by atoms with E-state index in [-0.39, 0.29) is 24.0 Å². The number of nitrogens with zero attached hydrogens (tertiary/aromatic N) is 2. The fourth-order valence-corrected chi connectivity index (χ4v) is 5.01. The van der Waals surface area contributed by atoms with Crippen molar-refractivity contribution in [1.29, 1.82) is 0 Å². The van der Waals surface area contributed by atoms with Crippen LogP contribution in [0.5, 0.6) is 0 Å². The van der Waals surface area contributed by atoms with Crippen molar-refractivity contribution in [2.45, 2.75) is 65.1 Å². The normalized spacial score (nSPS) is 16.4. The molecule has 1 fully saturated rings. The Morgan fingerprint density at radius 1 is 0.974 bits per heavy atom. The van der Waals surface area contributed by atoms with E-state index in [1.165, 1.54) is 5.56 Å². The number of anilines is 1. The second-order valence-corrected chi connectivity index (χ2v) is 10.9. The summed E-state index contributed by atoms with van der Waals surface area (Å²) in [6, 6.07) is 14.2. The van der Waals surface area contributed by atoms with Gasteiger partial charge >= 0.3 is 12.1 Å². The third kappa shape index (κ3) is 6.90. The maximum Gasteiger partial charge on any atom is 0.319 e. The van der Waals surface area contributed by atoms with Crippen molar-refractivity contribution in [3.05, 3.63) is 65.9 Å². The summed E-state index contributed by atoms with van der Waals surface area (Å²) in [6.45, 7) is 11.3. The van der Waals surface area contributed by atoms with Crippen LogP contribution >= 0.6 is 0 Å². The first kappa shape index (κ1) is 28.0. The van der Waals surface area contributed by atoms with Crippen molar-refractivity contribution < 1.29 is 14.4 Å². The highest BCUT2D eigenvalue weighted by molar-refractivity contribution is 5.94. The molecular formula is C30H40N6O3. The van der Waals surface area contributed by atoms with Crippen LogP contribution in [0, 0.1) is 0 Å². The van der Waals surface area contributed by atoms with Gasteiger partial charge < -0.3 is 30.7 Å². The molecule has 2 unspecified atom stereocenters. The van der Waals surface area contributed by atoms with E-state index in [0.29, 0.717) is 37.7 Å². The molecule has 0 spiro atoms. The third-order valence-corrected chi connectivity index (χ3v) is 7.15.